The van der Waals surface area contributed by atoms with E-state index in [0.29, 0.717) is 6.04 Å². The number of hydrogen-bond acceptors (Lipinski definition) is 3. The summed E-state index contributed by atoms with van der Waals surface area (Å²) in [7, 11) is 0. The number of aromatic nitrogens is 2. The van der Waals surface area contributed by atoms with Gasteiger partial charge < -0.3 is 5.32 Å². The van der Waals surface area contributed by atoms with E-state index in [9.17, 15) is 0 Å². The Morgan fingerprint density at radius 3 is 2.86 bits per heavy atom. The number of rotatable bonds is 6. The summed E-state index contributed by atoms with van der Waals surface area (Å²) in [6.07, 6.45) is 4.43. The van der Waals surface area contributed by atoms with Gasteiger partial charge in [0.1, 0.15) is 0 Å². The highest BCUT2D eigenvalue weighted by Crippen LogP contribution is 2.21. The Labute approximate surface area is 129 Å². The monoisotopic (exact) mass is 299 g/mol. The lowest BCUT2D eigenvalue weighted by Crippen LogP contribution is -2.22. The van der Waals surface area contributed by atoms with Gasteiger partial charge in [-0.1, -0.05) is 43.7 Å². The highest BCUT2D eigenvalue weighted by Gasteiger charge is 2.13. The lowest BCUT2D eigenvalue weighted by Gasteiger charge is -2.18. The summed E-state index contributed by atoms with van der Waals surface area (Å²) in [6, 6.07) is 11.1. The number of fused-ring (bicyclic) bond motifs is 1. The largest absolute Gasteiger partial charge is 0.304 e. The maximum absolute atomic E-state index is 4.61. The van der Waals surface area contributed by atoms with Crippen molar-refractivity contribution in [1.29, 1.82) is 0 Å². The van der Waals surface area contributed by atoms with Gasteiger partial charge in [-0.15, -0.1) is 11.3 Å². The molecule has 2 heterocycles. The van der Waals surface area contributed by atoms with Crippen LogP contribution < -0.4 is 5.32 Å². The van der Waals surface area contributed by atoms with Gasteiger partial charge in [0, 0.05) is 24.2 Å². The molecule has 0 amide bonds. The molecule has 3 nitrogen and oxygen atoms in total. The predicted octanol–water partition coefficient (Wildman–Crippen LogP) is 4.34. The number of nitrogens with zero attached hydrogens (tertiary/aromatic N) is 2. The zero-order valence-electron chi connectivity index (χ0n) is 12.5. The fraction of sp³-hybridized carbons (Fsp3) is 0.353. The number of hydrogen-bond donors (Lipinski definition) is 1. The average Bonchev–Trinajstić information content (AvgIpc) is 3.06. The van der Waals surface area contributed by atoms with Crippen molar-refractivity contribution in [2.45, 2.75) is 39.3 Å². The predicted molar refractivity (Wildman–Crippen MR) is 88.7 cm³/mol. The first-order valence-corrected chi connectivity index (χ1v) is 8.37. The lowest BCUT2D eigenvalue weighted by atomic mass is 10.0. The van der Waals surface area contributed by atoms with Crippen molar-refractivity contribution < 1.29 is 0 Å². The van der Waals surface area contributed by atoms with E-state index >= 15 is 0 Å². The Hall–Kier alpha value is -1.65. The van der Waals surface area contributed by atoms with Crippen molar-refractivity contribution in [3.63, 3.8) is 0 Å². The molecule has 0 aliphatic heterocycles. The number of benzene rings is 1. The van der Waals surface area contributed by atoms with Crippen LogP contribution in [0.3, 0.4) is 0 Å². The Kier molecular flexibility index (Phi) is 4.36. The average molecular weight is 299 g/mol. The molecule has 0 aliphatic carbocycles. The molecule has 2 aromatic heterocycles. The number of nitrogens with one attached hydrogen (secondary N) is 1. The summed E-state index contributed by atoms with van der Waals surface area (Å²) >= 11 is 1.69. The number of aryl methyl sites for hydroxylation is 1. The Morgan fingerprint density at radius 1 is 1.29 bits per heavy atom. The summed E-state index contributed by atoms with van der Waals surface area (Å²) in [5, 5.41) is 5.80. The molecular weight excluding hydrogens is 278 g/mol. The molecule has 0 aliphatic rings. The second-order valence-corrected chi connectivity index (χ2v) is 6.21. The maximum atomic E-state index is 4.61. The molecule has 0 radical (unpaired) electrons. The van der Waals surface area contributed by atoms with E-state index in [1.165, 1.54) is 17.7 Å². The number of imidazole rings is 1. The molecule has 0 saturated heterocycles. The van der Waals surface area contributed by atoms with Crippen LogP contribution in [0.2, 0.25) is 0 Å². The second kappa shape index (κ2) is 6.41. The van der Waals surface area contributed by atoms with E-state index < -0.39 is 0 Å². The minimum Gasteiger partial charge on any atom is -0.304 e. The third-order valence-electron chi connectivity index (χ3n) is 3.86. The SMILES string of the molecule is CCCC(NCc1c(C)nc2sccn12)c1ccccc1. The first kappa shape index (κ1) is 14.3. The van der Waals surface area contributed by atoms with Crippen LogP contribution in [-0.4, -0.2) is 9.38 Å². The van der Waals surface area contributed by atoms with E-state index in [0.717, 1.165) is 23.6 Å². The number of thiazole rings is 1. The van der Waals surface area contributed by atoms with Gasteiger partial charge in [0.25, 0.3) is 0 Å². The van der Waals surface area contributed by atoms with Crippen LogP contribution in [0.15, 0.2) is 41.9 Å². The van der Waals surface area contributed by atoms with E-state index in [2.05, 4.69) is 70.5 Å². The summed E-state index contributed by atoms with van der Waals surface area (Å²) in [6.45, 7) is 5.18. The Balaban J connectivity index is 1.78. The van der Waals surface area contributed by atoms with Crippen LogP contribution in [0.25, 0.3) is 4.96 Å². The minimum absolute atomic E-state index is 0.403. The third kappa shape index (κ3) is 3.01. The van der Waals surface area contributed by atoms with Crippen LogP contribution in [0, 0.1) is 6.92 Å². The molecule has 1 atom stereocenters. The zero-order valence-corrected chi connectivity index (χ0v) is 13.4. The lowest BCUT2D eigenvalue weighted by molar-refractivity contribution is 0.488. The molecule has 0 fully saturated rings. The highest BCUT2D eigenvalue weighted by molar-refractivity contribution is 7.15. The van der Waals surface area contributed by atoms with Crippen molar-refractivity contribution in [2.75, 3.05) is 0 Å². The summed E-state index contributed by atoms with van der Waals surface area (Å²) in [5.41, 5.74) is 3.75. The van der Waals surface area contributed by atoms with Crippen LogP contribution in [-0.2, 0) is 6.54 Å². The molecule has 21 heavy (non-hydrogen) atoms. The van der Waals surface area contributed by atoms with Crippen LogP contribution >= 0.6 is 11.3 Å². The Bertz CT molecular complexity index is 699. The smallest absolute Gasteiger partial charge is 0.194 e. The van der Waals surface area contributed by atoms with Crippen molar-refractivity contribution >= 4 is 16.3 Å². The molecule has 0 spiro atoms. The molecule has 3 aromatic rings. The van der Waals surface area contributed by atoms with Gasteiger partial charge in [0.15, 0.2) is 4.96 Å². The zero-order chi connectivity index (χ0) is 14.7. The summed E-state index contributed by atoms with van der Waals surface area (Å²) < 4.78 is 2.20. The van der Waals surface area contributed by atoms with Crippen LogP contribution in [0.4, 0.5) is 0 Å². The molecule has 0 bridgehead atoms. The normalized spacial score (nSPS) is 12.9. The fourth-order valence-corrected chi connectivity index (χ4v) is 3.51. The molecule has 3 rings (SSSR count). The molecule has 1 N–H and O–H groups in total. The Morgan fingerprint density at radius 2 is 2.10 bits per heavy atom. The van der Waals surface area contributed by atoms with Gasteiger partial charge in [0.05, 0.1) is 11.4 Å². The van der Waals surface area contributed by atoms with E-state index in [1.54, 1.807) is 11.3 Å². The van der Waals surface area contributed by atoms with Gasteiger partial charge in [-0.3, -0.25) is 4.40 Å². The third-order valence-corrected chi connectivity index (χ3v) is 4.61. The van der Waals surface area contributed by atoms with E-state index in [-0.39, 0.29) is 0 Å². The van der Waals surface area contributed by atoms with Crippen molar-refractivity contribution in [3.8, 4) is 0 Å². The van der Waals surface area contributed by atoms with Gasteiger partial charge in [0.2, 0.25) is 0 Å². The van der Waals surface area contributed by atoms with Crippen molar-refractivity contribution in [1.82, 2.24) is 14.7 Å². The first-order chi connectivity index (χ1) is 10.3. The quantitative estimate of drug-likeness (QED) is 0.734. The van der Waals surface area contributed by atoms with Crippen LogP contribution in [0.1, 0.15) is 42.8 Å². The van der Waals surface area contributed by atoms with Gasteiger partial charge >= 0.3 is 0 Å². The first-order valence-electron chi connectivity index (χ1n) is 7.49. The van der Waals surface area contributed by atoms with Crippen molar-refractivity contribution in [2.24, 2.45) is 0 Å². The summed E-state index contributed by atoms with van der Waals surface area (Å²) in [5.74, 6) is 0. The van der Waals surface area contributed by atoms with Crippen LogP contribution in [0.5, 0.6) is 0 Å². The molecule has 110 valence electrons. The highest BCUT2D eigenvalue weighted by atomic mass is 32.1. The van der Waals surface area contributed by atoms with Crippen molar-refractivity contribution in [3.05, 3.63) is 58.9 Å². The standard InChI is InChI=1S/C17H21N3S/c1-3-7-15(14-8-5-4-6-9-14)18-12-16-13(2)19-17-20(16)10-11-21-17/h4-6,8-11,15,18H,3,7,12H2,1-2H3. The van der Waals surface area contributed by atoms with E-state index in [4.69, 9.17) is 0 Å². The fourth-order valence-electron chi connectivity index (χ4n) is 2.73. The molecular formula is C17H21N3S. The molecule has 4 heteroatoms. The maximum Gasteiger partial charge on any atom is 0.194 e. The van der Waals surface area contributed by atoms with E-state index in [1.807, 2.05) is 0 Å². The molecule has 1 unspecified atom stereocenters. The topological polar surface area (TPSA) is 29.3 Å². The molecule has 1 aromatic carbocycles. The van der Waals surface area contributed by atoms with Gasteiger partial charge in [-0.25, -0.2) is 4.98 Å². The minimum atomic E-state index is 0.403. The van der Waals surface area contributed by atoms with Gasteiger partial charge in [-0.05, 0) is 18.9 Å². The molecule has 0 saturated carbocycles. The summed E-state index contributed by atoms with van der Waals surface area (Å²) in [4.78, 5) is 5.69. The van der Waals surface area contributed by atoms with Gasteiger partial charge in [-0.2, -0.15) is 0 Å². The second-order valence-electron chi connectivity index (χ2n) is 5.33.